The molecule has 1 N–H and O–H groups in total. The number of aryl methyl sites for hydroxylation is 2. The summed E-state index contributed by atoms with van der Waals surface area (Å²) in [5, 5.41) is 13.2. The average molecular weight is 533 g/mol. The molecule has 11 nitrogen and oxygen atoms in total. The highest BCUT2D eigenvalue weighted by Crippen LogP contribution is 2.34. The van der Waals surface area contributed by atoms with Crippen molar-refractivity contribution in [3.05, 3.63) is 74.8 Å². The second-order valence-electron chi connectivity index (χ2n) is 9.68. The number of fused-ring (bicyclic) bond motifs is 2. The quantitative estimate of drug-likeness (QED) is 0.305. The molecule has 2 aromatic heterocycles. The summed E-state index contributed by atoms with van der Waals surface area (Å²) in [4.78, 5) is 30.7. The summed E-state index contributed by atoms with van der Waals surface area (Å²) < 4.78 is 17.6. The van der Waals surface area contributed by atoms with E-state index in [2.05, 4.69) is 31.5 Å². The molecule has 0 radical (unpaired) electrons. The van der Waals surface area contributed by atoms with Crippen molar-refractivity contribution in [2.75, 3.05) is 13.4 Å². The lowest BCUT2D eigenvalue weighted by Crippen LogP contribution is -2.33. The van der Waals surface area contributed by atoms with Crippen LogP contribution in [-0.4, -0.2) is 49.5 Å². The Bertz CT molecular complexity index is 1560. The lowest BCUT2D eigenvalue weighted by atomic mass is 10.0. The number of carbonyl (C=O) groups excluding carboxylic acids is 1. The van der Waals surface area contributed by atoms with Crippen molar-refractivity contribution in [1.29, 1.82) is 0 Å². The summed E-state index contributed by atoms with van der Waals surface area (Å²) in [6, 6.07) is 11.6. The average Bonchev–Trinajstić information content (AvgIpc) is 3.54. The molecule has 4 aromatic rings. The van der Waals surface area contributed by atoms with Gasteiger partial charge in [0.1, 0.15) is 6.54 Å². The number of aromatic nitrogens is 5. The predicted molar refractivity (Wildman–Crippen MR) is 143 cm³/mol. The number of ether oxygens (including phenoxy) is 3. The highest BCUT2D eigenvalue weighted by Gasteiger charge is 2.27. The maximum absolute atomic E-state index is 13.3. The van der Waals surface area contributed by atoms with E-state index in [0.29, 0.717) is 42.4 Å². The standard InChI is InChI=1S/C28H32N6O5/c1-5-23(27-30-31-32-34(27)15-26(35)37-6-2)33(13-19-7-8-24-25(11-19)39-16-38-24)14-20-12-21-18(4)9-17(3)10-22(21)29-28(20)36/h7-12,23H,5-6,13-16H2,1-4H3,(H,29,36)/t23-/m0/s1. The number of pyridine rings is 1. The highest BCUT2D eigenvalue weighted by molar-refractivity contribution is 5.83. The van der Waals surface area contributed by atoms with Gasteiger partial charge in [0.15, 0.2) is 17.3 Å². The summed E-state index contributed by atoms with van der Waals surface area (Å²) in [5.74, 6) is 1.49. The van der Waals surface area contributed by atoms with E-state index in [1.54, 1.807) is 6.92 Å². The molecule has 3 heterocycles. The Hall–Kier alpha value is -4.25. The number of carbonyl (C=O) groups is 1. The van der Waals surface area contributed by atoms with E-state index in [1.807, 2.05) is 51.1 Å². The van der Waals surface area contributed by atoms with Crippen LogP contribution in [0.4, 0.5) is 0 Å². The minimum absolute atomic E-state index is 0.0976. The zero-order valence-electron chi connectivity index (χ0n) is 22.6. The number of hydrogen-bond acceptors (Lipinski definition) is 9. The predicted octanol–water partition coefficient (Wildman–Crippen LogP) is 3.58. The smallest absolute Gasteiger partial charge is 0.327 e. The maximum Gasteiger partial charge on any atom is 0.327 e. The third-order valence-electron chi connectivity index (χ3n) is 6.86. The molecule has 5 rings (SSSR count). The molecule has 0 spiro atoms. The van der Waals surface area contributed by atoms with Crippen LogP contribution >= 0.6 is 0 Å². The monoisotopic (exact) mass is 532 g/mol. The van der Waals surface area contributed by atoms with Gasteiger partial charge in [0.05, 0.1) is 12.6 Å². The molecule has 1 aliphatic heterocycles. The van der Waals surface area contributed by atoms with E-state index in [0.717, 1.165) is 27.6 Å². The summed E-state index contributed by atoms with van der Waals surface area (Å²) in [6.45, 7) is 9.01. The Morgan fingerprint density at radius 2 is 1.95 bits per heavy atom. The Kier molecular flexibility index (Phi) is 7.60. The normalized spacial score (nSPS) is 13.3. The van der Waals surface area contributed by atoms with Crippen molar-refractivity contribution < 1.29 is 19.0 Å². The van der Waals surface area contributed by atoms with Crippen molar-refractivity contribution in [3.8, 4) is 11.5 Å². The first-order valence-electron chi connectivity index (χ1n) is 13.0. The fraction of sp³-hybridized carbons (Fsp3) is 0.393. The molecule has 0 aliphatic carbocycles. The molecule has 204 valence electrons. The number of nitrogens with zero attached hydrogens (tertiary/aromatic N) is 5. The van der Waals surface area contributed by atoms with Gasteiger partial charge in [-0.2, -0.15) is 0 Å². The van der Waals surface area contributed by atoms with Gasteiger partial charge in [-0.25, -0.2) is 4.68 Å². The molecule has 0 saturated heterocycles. The van der Waals surface area contributed by atoms with Crippen LogP contribution in [-0.2, 0) is 29.2 Å². The van der Waals surface area contributed by atoms with E-state index in [4.69, 9.17) is 14.2 Å². The third kappa shape index (κ3) is 5.63. The van der Waals surface area contributed by atoms with Gasteiger partial charge in [0.2, 0.25) is 6.79 Å². The molecule has 0 fully saturated rings. The Labute approximate surface area is 225 Å². The Morgan fingerprint density at radius 3 is 2.74 bits per heavy atom. The van der Waals surface area contributed by atoms with E-state index in [1.165, 1.54) is 4.68 Å². The number of rotatable bonds is 10. The van der Waals surface area contributed by atoms with Gasteiger partial charge < -0.3 is 19.2 Å². The summed E-state index contributed by atoms with van der Waals surface area (Å²) >= 11 is 0. The largest absolute Gasteiger partial charge is 0.465 e. The molecule has 1 aliphatic rings. The topological polar surface area (TPSA) is 124 Å². The van der Waals surface area contributed by atoms with Crippen molar-refractivity contribution in [3.63, 3.8) is 0 Å². The minimum atomic E-state index is -0.417. The van der Waals surface area contributed by atoms with Crippen molar-refractivity contribution in [1.82, 2.24) is 30.1 Å². The molecule has 0 amide bonds. The maximum atomic E-state index is 13.3. The molecular formula is C28H32N6O5. The van der Waals surface area contributed by atoms with Crippen LogP contribution in [0.15, 0.2) is 41.2 Å². The van der Waals surface area contributed by atoms with Gasteiger partial charge in [-0.3, -0.25) is 14.5 Å². The first-order chi connectivity index (χ1) is 18.9. The molecular weight excluding hydrogens is 500 g/mol. The molecule has 1 atom stereocenters. The fourth-order valence-corrected chi connectivity index (χ4v) is 5.10. The number of H-pyrrole nitrogens is 1. The number of nitrogens with one attached hydrogen (secondary N) is 1. The summed E-state index contributed by atoms with van der Waals surface area (Å²) in [6.07, 6.45) is 0.636. The van der Waals surface area contributed by atoms with Gasteiger partial charge in [0, 0.05) is 29.6 Å². The zero-order chi connectivity index (χ0) is 27.5. The summed E-state index contributed by atoms with van der Waals surface area (Å²) in [7, 11) is 0. The first-order valence-corrected chi connectivity index (χ1v) is 13.0. The lowest BCUT2D eigenvalue weighted by molar-refractivity contribution is -0.144. The van der Waals surface area contributed by atoms with Crippen LogP contribution in [0.25, 0.3) is 10.9 Å². The van der Waals surface area contributed by atoms with Crippen LogP contribution in [0.5, 0.6) is 11.5 Å². The number of aromatic amines is 1. The SMILES string of the molecule is CCOC(=O)Cn1nnnc1[C@H](CC)N(Cc1ccc2c(c1)OCO2)Cc1cc2c(C)cc(C)cc2[nH]c1=O. The second-order valence-corrected chi connectivity index (χ2v) is 9.68. The molecule has 0 unspecified atom stereocenters. The Morgan fingerprint density at radius 1 is 1.13 bits per heavy atom. The van der Waals surface area contributed by atoms with Crippen LogP contribution in [0, 0.1) is 13.8 Å². The first kappa shape index (κ1) is 26.4. The van der Waals surface area contributed by atoms with Gasteiger partial charge in [0.25, 0.3) is 5.56 Å². The van der Waals surface area contributed by atoms with Crippen LogP contribution < -0.4 is 15.0 Å². The zero-order valence-corrected chi connectivity index (χ0v) is 22.6. The van der Waals surface area contributed by atoms with Crippen molar-refractivity contribution in [2.24, 2.45) is 0 Å². The van der Waals surface area contributed by atoms with Crippen molar-refractivity contribution in [2.45, 2.75) is 59.8 Å². The van der Waals surface area contributed by atoms with Gasteiger partial charge in [-0.1, -0.05) is 19.1 Å². The number of esters is 1. The second kappa shape index (κ2) is 11.2. The van der Waals surface area contributed by atoms with E-state index < -0.39 is 5.97 Å². The minimum Gasteiger partial charge on any atom is -0.465 e. The van der Waals surface area contributed by atoms with E-state index in [9.17, 15) is 9.59 Å². The molecule has 0 saturated carbocycles. The molecule has 2 aromatic carbocycles. The van der Waals surface area contributed by atoms with Gasteiger partial charge in [-0.15, -0.1) is 5.10 Å². The molecule has 0 bridgehead atoms. The van der Waals surface area contributed by atoms with Crippen LogP contribution in [0.2, 0.25) is 0 Å². The number of hydrogen-bond donors (Lipinski definition) is 1. The molecule has 39 heavy (non-hydrogen) atoms. The summed E-state index contributed by atoms with van der Waals surface area (Å²) in [5.41, 5.74) is 4.45. The van der Waals surface area contributed by atoms with Gasteiger partial charge in [-0.05, 0) is 78.6 Å². The van der Waals surface area contributed by atoms with Gasteiger partial charge >= 0.3 is 5.97 Å². The highest BCUT2D eigenvalue weighted by atomic mass is 16.7. The fourth-order valence-electron chi connectivity index (χ4n) is 5.10. The number of benzene rings is 2. The lowest BCUT2D eigenvalue weighted by Gasteiger charge is -2.30. The Balaban J connectivity index is 1.53. The van der Waals surface area contributed by atoms with Crippen LogP contribution in [0.1, 0.15) is 54.4 Å². The van der Waals surface area contributed by atoms with E-state index in [-0.39, 0.29) is 31.5 Å². The van der Waals surface area contributed by atoms with E-state index >= 15 is 0 Å². The number of tetrazole rings is 1. The third-order valence-corrected chi connectivity index (χ3v) is 6.86. The van der Waals surface area contributed by atoms with Crippen LogP contribution in [0.3, 0.4) is 0 Å². The molecule has 11 heteroatoms. The van der Waals surface area contributed by atoms with Crippen molar-refractivity contribution >= 4 is 16.9 Å².